The molecule has 1 saturated heterocycles. The molecule has 2 aromatic carbocycles. The number of piperidine rings is 1. The Morgan fingerprint density at radius 1 is 1.30 bits per heavy atom. The molecule has 1 aliphatic heterocycles. The number of halogens is 2. The molecule has 162 valence electrons. The van der Waals surface area contributed by atoms with E-state index in [4.69, 9.17) is 27.2 Å². The van der Waals surface area contributed by atoms with Gasteiger partial charge in [0.15, 0.2) is 11.6 Å². The van der Waals surface area contributed by atoms with E-state index in [2.05, 4.69) is 10.2 Å². The lowest BCUT2D eigenvalue weighted by molar-refractivity contribution is 0.0903. The second-order valence-electron chi connectivity index (χ2n) is 7.25. The van der Waals surface area contributed by atoms with Crippen LogP contribution in [0.15, 0.2) is 30.3 Å². The van der Waals surface area contributed by atoms with Crippen molar-refractivity contribution in [3.63, 3.8) is 0 Å². The molecular formula is C21H25ClFN3O4. The summed E-state index contributed by atoms with van der Waals surface area (Å²) in [5, 5.41) is 21.5. The van der Waals surface area contributed by atoms with E-state index in [0.29, 0.717) is 12.2 Å². The molecule has 0 aromatic heterocycles. The first-order valence-corrected chi connectivity index (χ1v) is 10.1. The van der Waals surface area contributed by atoms with Crippen LogP contribution in [-0.4, -0.2) is 53.4 Å². The quantitative estimate of drug-likeness (QED) is 0.496. The van der Waals surface area contributed by atoms with Gasteiger partial charge in [0.25, 0.3) is 5.91 Å². The summed E-state index contributed by atoms with van der Waals surface area (Å²) >= 11 is 6.06. The summed E-state index contributed by atoms with van der Waals surface area (Å²) in [7, 11) is 0. The summed E-state index contributed by atoms with van der Waals surface area (Å²) < 4.78 is 18.9. The SMILES string of the molecule is Nc1cc(OCCO)c(C(=O)NC2CCN(Cc3ccc(O)c(F)c3)CC2)cc1Cl. The Morgan fingerprint density at radius 2 is 2.03 bits per heavy atom. The van der Waals surface area contributed by atoms with Gasteiger partial charge < -0.3 is 26.0 Å². The summed E-state index contributed by atoms with van der Waals surface area (Å²) in [6.45, 7) is 1.91. The zero-order valence-electron chi connectivity index (χ0n) is 16.4. The lowest BCUT2D eigenvalue weighted by atomic mass is 10.0. The second-order valence-corrected chi connectivity index (χ2v) is 7.66. The topological polar surface area (TPSA) is 108 Å². The third kappa shape index (κ3) is 5.53. The Balaban J connectivity index is 1.57. The number of anilines is 1. The number of ether oxygens (including phenoxy) is 1. The van der Waals surface area contributed by atoms with Gasteiger partial charge in [-0.05, 0) is 36.6 Å². The molecule has 0 saturated carbocycles. The maximum atomic E-state index is 13.5. The predicted octanol–water partition coefficient (Wildman–Crippen LogP) is 2.53. The number of phenols is 1. The highest BCUT2D eigenvalue weighted by Gasteiger charge is 2.23. The summed E-state index contributed by atoms with van der Waals surface area (Å²) in [5.41, 5.74) is 7.14. The van der Waals surface area contributed by atoms with Gasteiger partial charge in [-0.25, -0.2) is 4.39 Å². The minimum atomic E-state index is -0.629. The molecule has 1 aliphatic rings. The number of aliphatic hydroxyl groups excluding tert-OH is 1. The van der Waals surface area contributed by atoms with Gasteiger partial charge in [0.05, 0.1) is 22.9 Å². The number of likely N-dealkylation sites (tertiary alicyclic amines) is 1. The van der Waals surface area contributed by atoms with Crippen molar-refractivity contribution in [1.29, 1.82) is 0 Å². The normalized spacial score (nSPS) is 15.2. The van der Waals surface area contributed by atoms with E-state index >= 15 is 0 Å². The largest absolute Gasteiger partial charge is 0.505 e. The number of aliphatic hydroxyl groups is 1. The van der Waals surface area contributed by atoms with E-state index in [0.717, 1.165) is 31.5 Å². The molecule has 1 amide bonds. The zero-order valence-corrected chi connectivity index (χ0v) is 17.2. The van der Waals surface area contributed by atoms with Crippen LogP contribution in [0.1, 0.15) is 28.8 Å². The number of phenolic OH excluding ortho intramolecular Hbond substituents is 1. The van der Waals surface area contributed by atoms with Crippen molar-refractivity contribution in [3.8, 4) is 11.5 Å². The lowest BCUT2D eigenvalue weighted by Gasteiger charge is -2.32. The van der Waals surface area contributed by atoms with Crippen molar-refractivity contribution in [2.24, 2.45) is 0 Å². The third-order valence-corrected chi connectivity index (χ3v) is 5.36. The fraction of sp³-hybridized carbons (Fsp3) is 0.381. The van der Waals surface area contributed by atoms with Gasteiger partial charge in [-0.1, -0.05) is 17.7 Å². The average Bonchev–Trinajstić information content (AvgIpc) is 2.72. The van der Waals surface area contributed by atoms with Gasteiger partial charge in [-0.3, -0.25) is 9.69 Å². The van der Waals surface area contributed by atoms with Crippen LogP contribution < -0.4 is 15.8 Å². The van der Waals surface area contributed by atoms with Crippen LogP contribution in [0.4, 0.5) is 10.1 Å². The highest BCUT2D eigenvalue weighted by molar-refractivity contribution is 6.33. The zero-order chi connectivity index (χ0) is 21.7. The van der Waals surface area contributed by atoms with E-state index in [9.17, 15) is 14.3 Å². The van der Waals surface area contributed by atoms with Gasteiger partial charge in [-0.15, -0.1) is 0 Å². The van der Waals surface area contributed by atoms with E-state index in [-0.39, 0.29) is 47.2 Å². The number of nitrogens with one attached hydrogen (secondary N) is 1. The van der Waals surface area contributed by atoms with Crippen molar-refractivity contribution in [2.45, 2.75) is 25.4 Å². The Hall–Kier alpha value is -2.55. The molecule has 9 heteroatoms. The van der Waals surface area contributed by atoms with E-state index in [1.165, 1.54) is 24.3 Å². The number of nitrogens with zero attached hydrogens (tertiary/aromatic N) is 1. The maximum Gasteiger partial charge on any atom is 0.255 e. The fourth-order valence-electron chi connectivity index (χ4n) is 3.43. The molecule has 0 atom stereocenters. The molecule has 1 fully saturated rings. The van der Waals surface area contributed by atoms with Crippen LogP contribution >= 0.6 is 11.6 Å². The van der Waals surface area contributed by atoms with Crippen molar-refractivity contribution in [2.75, 3.05) is 32.0 Å². The molecular weight excluding hydrogens is 413 g/mol. The molecule has 3 rings (SSSR count). The third-order valence-electron chi connectivity index (χ3n) is 5.03. The Kier molecular flexibility index (Phi) is 7.36. The molecule has 7 nitrogen and oxygen atoms in total. The first-order chi connectivity index (χ1) is 14.4. The number of nitrogens with two attached hydrogens (primary N) is 1. The van der Waals surface area contributed by atoms with Crippen molar-refractivity contribution in [1.82, 2.24) is 10.2 Å². The van der Waals surface area contributed by atoms with Crippen molar-refractivity contribution < 1.29 is 24.1 Å². The minimum Gasteiger partial charge on any atom is -0.505 e. The minimum absolute atomic E-state index is 0.0210. The van der Waals surface area contributed by atoms with Gasteiger partial charge >= 0.3 is 0 Å². The highest BCUT2D eigenvalue weighted by atomic mass is 35.5. The van der Waals surface area contributed by atoms with Gasteiger partial charge in [0, 0.05) is 31.7 Å². The first-order valence-electron chi connectivity index (χ1n) is 9.70. The molecule has 1 heterocycles. The Labute approximate surface area is 179 Å². The molecule has 2 aromatic rings. The number of aromatic hydroxyl groups is 1. The van der Waals surface area contributed by atoms with Crippen LogP contribution in [0, 0.1) is 5.82 Å². The molecule has 0 unspecified atom stereocenters. The average molecular weight is 438 g/mol. The van der Waals surface area contributed by atoms with Crippen LogP contribution in [0.5, 0.6) is 11.5 Å². The van der Waals surface area contributed by atoms with Crippen molar-refractivity contribution >= 4 is 23.2 Å². The number of carbonyl (C=O) groups is 1. The number of hydrogen-bond donors (Lipinski definition) is 4. The van der Waals surface area contributed by atoms with Crippen molar-refractivity contribution in [3.05, 3.63) is 52.3 Å². The summed E-state index contributed by atoms with van der Waals surface area (Å²) in [6, 6.07) is 7.31. The standard InChI is InChI=1S/C21H25ClFN3O4/c22-16-10-15(20(11-18(16)24)30-8-7-27)21(29)25-14-3-5-26(6-4-14)12-13-1-2-19(28)17(23)9-13/h1-2,9-11,14,27-28H,3-8,12,24H2,(H,25,29). The van der Waals surface area contributed by atoms with E-state index in [1.807, 2.05) is 0 Å². The lowest BCUT2D eigenvalue weighted by Crippen LogP contribution is -2.44. The second kappa shape index (κ2) is 9.97. The number of rotatable bonds is 7. The number of nitrogen functional groups attached to an aromatic ring is 1. The number of carbonyl (C=O) groups excluding carboxylic acids is 1. The smallest absolute Gasteiger partial charge is 0.255 e. The van der Waals surface area contributed by atoms with E-state index in [1.54, 1.807) is 6.07 Å². The molecule has 0 radical (unpaired) electrons. The molecule has 0 bridgehead atoms. The molecule has 30 heavy (non-hydrogen) atoms. The van der Waals surface area contributed by atoms with Crippen LogP contribution in [-0.2, 0) is 6.54 Å². The van der Waals surface area contributed by atoms with Crippen LogP contribution in [0.25, 0.3) is 0 Å². The van der Waals surface area contributed by atoms with Gasteiger partial charge in [-0.2, -0.15) is 0 Å². The van der Waals surface area contributed by atoms with Gasteiger partial charge in [0.2, 0.25) is 0 Å². The molecule has 5 N–H and O–H groups in total. The number of amides is 1. The fourth-order valence-corrected chi connectivity index (χ4v) is 3.59. The van der Waals surface area contributed by atoms with E-state index < -0.39 is 5.82 Å². The maximum absolute atomic E-state index is 13.5. The first kappa shape index (κ1) is 22.1. The number of benzene rings is 2. The predicted molar refractivity (Wildman–Crippen MR) is 112 cm³/mol. The van der Waals surface area contributed by atoms with Crippen LogP contribution in [0.2, 0.25) is 5.02 Å². The van der Waals surface area contributed by atoms with Gasteiger partial charge in [0.1, 0.15) is 12.4 Å². The Morgan fingerprint density at radius 3 is 2.70 bits per heavy atom. The molecule has 0 aliphatic carbocycles. The van der Waals surface area contributed by atoms with Crippen LogP contribution in [0.3, 0.4) is 0 Å². The number of hydrogen-bond acceptors (Lipinski definition) is 6. The summed E-state index contributed by atoms with van der Waals surface area (Å²) in [6.07, 6.45) is 1.48. The molecule has 0 spiro atoms. The Bertz CT molecular complexity index is 904. The highest BCUT2D eigenvalue weighted by Crippen LogP contribution is 2.29. The monoisotopic (exact) mass is 437 g/mol. The summed E-state index contributed by atoms with van der Waals surface area (Å²) in [5.74, 6) is -1.03. The summed E-state index contributed by atoms with van der Waals surface area (Å²) in [4.78, 5) is 14.9.